The number of amides is 1. The zero-order chi connectivity index (χ0) is 20.5. The molecule has 2 aromatic rings. The molecule has 27 heavy (non-hydrogen) atoms. The number of phenols is 1. The molecule has 0 aliphatic carbocycles. The summed E-state index contributed by atoms with van der Waals surface area (Å²) in [6.07, 6.45) is -5.63. The molecule has 0 aromatic heterocycles. The number of alkyl halides is 3. The molecule has 10 heteroatoms. The molecule has 0 saturated heterocycles. The van der Waals surface area contributed by atoms with Gasteiger partial charge in [0.15, 0.2) is 5.75 Å². The molecule has 0 aliphatic rings. The van der Waals surface area contributed by atoms with Crippen LogP contribution in [0.3, 0.4) is 0 Å². The molecule has 1 atom stereocenters. The number of carbonyl (C=O) groups excluding carboxylic acids is 1. The van der Waals surface area contributed by atoms with E-state index in [2.05, 4.69) is 10.6 Å². The molecular formula is C17H18F3N3O4. The van der Waals surface area contributed by atoms with Crippen molar-refractivity contribution in [2.75, 3.05) is 24.7 Å². The van der Waals surface area contributed by atoms with E-state index in [1.807, 2.05) is 0 Å². The number of hydrogen-bond donors (Lipinski definition) is 3. The van der Waals surface area contributed by atoms with Gasteiger partial charge in [0.2, 0.25) is 0 Å². The topological polar surface area (TPSA) is 98.7 Å². The lowest BCUT2D eigenvalue weighted by atomic mass is 10.1. The van der Waals surface area contributed by atoms with Gasteiger partial charge in [-0.3, -0.25) is 14.4 Å². The maximum atomic E-state index is 12.4. The number of anilines is 3. The first kappa shape index (κ1) is 20.3. The Balaban J connectivity index is 2.29. The SMILES string of the molecule is CC(CC(F)(F)F)Nc1c(Nc2cccc(C(=O)N(C)C)c2O)c(=O)c1=O. The molecule has 7 nitrogen and oxygen atoms in total. The van der Waals surface area contributed by atoms with E-state index in [1.54, 1.807) is 0 Å². The van der Waals surface area contributed by atoms with Crippen LogP contribution in [-0.2, 0) is 0 Å². The molecule has 146 valence electrons. The quantitative estimate of drug-likeness (QED) is 0.521. The minimum atomic E-state index is -4.43. The van der Waals surface area contributed by atoms with Crippen molar-refractivity contribution >= 4 is 23.0 Å². The highest BCUT2D eigenvalue weighted by molar-refractivity contribution is 5.99. The van der Waals surface area contributed by atoms with Gasteiger partial charge in [0.1, 0.15) is 11.4 Å². The Hall–Kier alpha value is -3.04. The van der Waals surface area contributed by atoms with Gasteiger partial charge in [0.25, 0.3) is 16.8 Å². The first-order valence-electron chi connectivity index (χ1n) is 7.89. The molecule has 0 fully saturated rings. The van der Waals surface area contributed by atoms with E-state index in [0.717, 1.165) is 0 Å². The van der Waals surface area contributed by atoms with Crippen molar-refractivity contribution in [3.63, 3.8) is 0 Å². The van der Waals surface area contributed by atoms with Crippen molar-refractivity contribution in [2.45, 2.75) is 25.6 Å². The number of rotatable bonds is 6. The number of nitrogens with one attached hydrogen (secondary N) is 2. The van der Waals surface area contributed by atoms with Crippen molar-refractivity contribution in [2.24, 2.45) is 0 Å². The van der Waals surface area contributed by atoms with Gasteiger partial charge >= 0.3 is 6.18 Å². The van der Waals surface area contributed by atoms with Crippen LogP contribution in [0, 0.1) is 0 Å². The molecule has 2 rings (SSSR count). The first-order chi connectivity index (χ1) is 12.4. The third-order valence-electron chi connectivity index (χ3n) is 3.77. The average Bonchev–Trinajstić information content (AvgIpc) is 2.56. The van der Waals surface area contributed by atoms with E-state index in [-0.39, 0.29) is 22.6 Å². The maximum Gasteiger partial charge on any atom is 0.391 e. The maximum absolute atomic E-state index is 12.4. The molecule has 2 aromatic carbocycles. The van der Waals surface area contributed by atoms with Crippen molar-refractivity contribution in [1.29, 1.82) is 0 Å². The van der Waals surface area contributed by atoms with Gasteiger partial charge in [-0.25, -0.2) is 0 Å². The summed E-state index contributed by atoms with van der Waals surface area (Å²) in [6, 6.07) is 3.05. The van der Waals surface area contributed by atoms with Crippen LogP contribution in [0.25, 0.3) is 0 Å². The normalized spacial score (nSPS) is 12.7. The third-order valence-corrected chi connectivity index (χ3v) is 3.77. The fourth-order valence-electron chi connectivity index (χ4n) is 2.49. The minimum absolute atomic E-state index is 0.0266. The third kappa shape index (κ3) is 4.39. The number of hydrogen-bond acceptors (Lipinski definition) is 6. The molecule has 0 bridgehead atoms. The van der Waals surface area contributed by atoms with E-state index >= 15 is 0 Å². The van der Waals surface area contributed by atoms with E-state index in [9.17, 15) is 32.7 Å². The van der Waals surface area contributed by atoms with Crippen LogP contribution < -0.4 is 21.5 Å². The van der Waals surface area contributed by atoms with Crippen LogP contribution in [0.15, 0.2) is 27.8 Å². The lowest BCUT2D eigenvalue weighted by molar-refractivity contribution is -0.136. The number of halogens is 3. The predicted molar refractivity (Wildman–Crippen MR) is 94.5 cm³/mol. The van der Waals surface area contributed by atoms with Crippen LogP contribution in [0.5, 0.6) is 5.75 Å². The summed E-state index contributed by atoms with van der Waals surface area (Å²) in [5.74, 6) is -0.933. The fraction of sp³-hybridized carbons (Fsp3) is 0.353. The number of benzene rings is 1. The highest BCUT2D eigenvalue weighted by Crippen LogP contribution is 2.32. The summed E-state index contributed by atoms with van der Waals surface area (Å²) in [4.78, 5) is 36.8. The number of carbonyl (C=O) groups is 1. The standard InChI is InChI=1S/C17H18F3N3O4/c1-8(7-17(18,19)20)21-11-12(15(26)14(11)25)22-10-6-4-5-9(13(10)24)16(27)23(2)3/h4-6,8,21-22,24H,7H2,1-3H3. The van der Waals surface area contributed by atoms with Crippen molar-refractivity contribution in [1.82, 2.24) is 4.90 Å². The zero-order valence-corrected chi connectivity index (χ0v) is 14.8. The highest BCUT2D eigenvalue weighted by atomic mass is 19.4. The molecule has 0 spiro atoms. The van der Waals surface area contributed by atoms with Crippen molar-refractivity contribution in [3.05, 3.63) is 44.2 Å². The van der Waals surface area contributed by atoms with Gasteiger partial charge in [0.05, 0.1) is 17.7 Å². The summed E-state index contributed by atoms with van der Waals surface area (Å²) in [5.41, 5.74) is -2.50. The summed E-state index contributed by atoms with van der Waals surface area (Å²) in [5, 5.41) is 15.1. The van der Waals surface area contributed by atoms with Crippen LogP contribution in [-0.4, -0.2) is 42.2 Å². The number of phenolic OH excluding ortho intramolecular Hbond substituents is 1. The van der Waals surface area contributed by atoms with Gasteiger partial charge in [-0.2, -0.15) is 13.2 Å². The Kier molecular flexibility index (Phi) is 5.48. The monoisotopic (exact) mass is 385 g/mol. The van der Waals surface area contributed by atoms with Crippen LogP contribution in [0.2, 0.25) is 0 Å². The van der Waals surface area contributed by atoms with Crippen LogP contribution >= 0.6 is 0 Å². The Bertz CT molecular complexity index is 931. The summed E-state index contributed by atoms with van der Waals surface area (Å²) in [7, 11) is 2.98. The van der Waals surface area contributed by atoms with Gasteiger partial charge in [0, 0.05) is 20.1 Å². The number of aromatic hydroxyl groups is 1. The zero-order valence-electron chi connectivity index (χ0n) is 14.8. The van der Waals surface area contributed by atoms with E-state index in [4.69, 9.17) is 0 Å². The molecular weight excluding hydrogens is 367 g/mol. The Morgan fingerprint density at radius 3 is 2.33 bits per heavy atom. The van der Waals surface area contributed by atoms with Gasteiger partial charge < -0.3 is 20.6 Å². The molecule has 0 aliphatic heterocycles. The lowest BCUT2D eigenvalue weighted by Crippen LogP contribution is -2.39. The van der Waals surface area contributed by atoms with E-state index in [0.29, 0.717) is 0 Å². The second-order valence-electron chi connectivity index (χ2n) is 6.30. The predicted octanol–water partition coefficient (Wildman–Crippen LogP) is 2.19. The number of nitrogens with zero attached hydrogens (tertiary/aromatic N) is 1. The van der Waals surface area contributed by atoms with Crippen LogP contribution in [0.1, 0.15) is 23.7 Å². The van der Waals surface area contributed by atoms with Crippen molar-refractivity contribution in [3.8, 4) is 5.75 Å². The largest absolute Gasteiger partial charge is 0.505 e. The van der Waals surface area contributed by atoms with Gasteiger partial charge in [-0.05, 0) is 19.1 Å². The molecule has 1 unspecified atom stereocenters. The Labute approximate surface area is 152 Å². The summed E-state index contributed by atoms with van der Waals surface area (Å²) < 4.78 is 37.3. The molecule has 0 saturated carbocycles. The number of para-hydroxylation sites is 1. The van der Waals surface area contributed by atoms with Gasteiger partial charge in [-0.15, -0.1) is 0 Å². The highest BCUT2D eigenvalue weighted by Gasteiger charge is 2.32. The Morgan fingerprint density at radius 2 is 1.78 bits per heavy atom. The Morgan fingerprint density at radius 1 is 1.19 bits per heavy atom. The second-order valence-corrected chi connectivity index (χ2v) is 6.30. The second kappa shape index (κ2) is 7.29. The van der Waals surface area contributed by atoms with Crippen LogP contribution in [0.4, 0.5) is 30.2 Å². The molecule has 1 amide bonds. The average molecular weight is 385 g/mol. The van der Waals surface area contributed by atoms with E-state index < -0.39 is 41.2 Å². The summed E-state index contributed by atoms with van der Waals surface area (Å²) in [6.45, 7) is 1.22. The van der Waals surface area contributed by atoms with Crippen molar-refractivity contribution < 1.29 is 23.1 Å². The van der Waals surface area contributed by atoms with E-state index in [1.165, 1.54) is 44.1 Å². The molecule has 0 heterocycles. The summed E-state index contributed by atoms with van der Waals surface area (Å²) >= 11 is 0. The smallest absolute Gasteiger partial charge is 0.391 e. The fourth-order valence-corrected chi connectivity index (χ4v) is 2.49. The lowest BCUT2D eigenvalue weighted by Gasteiger charge is -2.21. The van der Waals surface area contributed by atoms with Gasteiger partial charge in [-0.1, -0.05) is 6.07 Å². The molecule has 3 N–H and O–H groups in total. The minimum Gasteiger partial charge on any atom is -0.505 e. The first-order valence-corrected chi connectivity index (χ1v) is 7.89. The molecule has 0 radical (unpaired) electrons.